The Bertz CT molecular complexity index is 1590. The number of rotatable bonds is 4. The number of carbonyl (C=O) groups excluding carboxylic acids is 2. The molecule has 196 valence electrons. The van der Waals surface area contributed by atoms with Crippen LogP contribution in [0.3, 0.4) is 0 Å². The van der Waals surface area contributed by atoms with Crippen LogP contribution in [0.4, 0.5) is 0 Å². The van der Waals surface area contributed by atoms with E-state index in [9.17, 15) is 9.59 Å². The summed E-state index contributed by atoms with van der Waals surface area (Å²) in [6, 6.07) is 35.9. The van der Waals surface area contributed by atoms with Crippen molar-refractivity contribution in [3.63, 3.8) is 0 Å². The number of nitrogens with zero attached hydrogens (tertiary/aromatic N) is 2. The lowest BCUT2D eigenvalue weighted by Gasteiger charge is -2.15. The highest BCUT2D eigenvalue weighted by molar-refractivity contribution is 5.80. The summed E-state index contributed by atoms with van der Waals surface area (Å²) >= 11 is 0. The van der Waals surface area contributed by atoms with Crippen molar-refractivity contribution in [2.24, 2.45) is 0 Å². The molecule has 4 aromatic carbocycles. The van der Waals surface area contributed by atoms with Gasteiger partial charge in [-0.1, -0.05) is 72.8 Å². The van der Waals surface area contributed by atoms with Crippen molar-refractivity contribution in [3.8, 4) is 34.4 Å². The van der Waals surface area contributed by atoms with Crippen LogP contribution in [0.2, 0.25) is 0 Å². The molecule has 0 aromatic heterocycles. The smallest absolute Gasteiger partial charge is 0.220 e. The predicted molar refractivity (Wildman–Crippen MR) is 153 cm³/mol. The zero-order chi connectivity index (χ0) is 27.9. The zero-order valence-corrected chi connectivity index (χ0v) is 21.9. The number of hydrogen-bond acceptors (Lipinski definition) is 4. The van der Waals surface area contributed by atoms with Crippen molar-refractivity contribution in [3.05, 3.63) is 119 Å². The molecular weight excluding hydrogens is 496 g/mol. The number of amides is 2. The van der Waals surface area contributed by atoms with Gasteiger partial charge in [0.15, 0.2) is 0 Å². The fourth-order valence-corrected chi connectivity index (χ4v) is 5.14. The molecule has 4 aromatic rings. The van der Waals surface area contributed by atoms with Gasteiger partial charge in [0, 0.05) is 12.8 Å². The molecule has 2 heterocycles. The van der Waals surface area contributed by atoms with E-state index in [-0.39, 0.29) is 23.9 Å². The summed E-state index contributed by atoms with van der Waals surface area (Å²) in [6.07, 6.45) is 2.91. The Morgan fingerprint density at radius 1 is 0.575 bits per heavy atom. The third-order valence-electron chi connectivity index (χ3n) is 7.31. The summed E-state index contributed by atoms with van der Waals surface area (Å²) in [5.41, 5.74) is 7.99. The van der Waals surface area contributed by atoms with Gasteiger partial charge in [-0.15, -0.1) is 0 Å². The first-order valence-electron chi connectivity index (χ1n) is 13.3. The van der Waals surface area contributed by atoms with Crippen molar-refractivity contribution < 1.29 is 9.59 Å². The van der Waals surface area contributed by atoms with Gasteiger partial charge in [-0.25, -0.2) is 0 Å². The van der Waals surface area contributed by atoms with E-state index >= 15 is 0 Å². The number of nitriles is 2. The lowest BCUT2D eigenvalue weighted by Crippen LogP contribution is -2.18. The van der Waals surface area contributed by atoms with E-state index in [4.69, 9.17) is 10.5 Å². The van der Waals surface area contributed by atoms with Crippen LogP contribution in [0, 0.1) is 22.7 Å². The summed E-state index contributed by atoms with van der Waals surface area (Å²) in [5.74, 6) is 0.246. The topological polar surface area (TPSA) is 106 Å². The average Bonchev–Trinajstić information content (AvgIpc) is 3.66. The van der Waals surface area contributed by atoms with E-state index in [1.54, 1.807) is 0 Å². The Morgan fingerprint density at radius 2 is 1.05 bits per heavy atom. The van der Waals surface area contributed by atoms with Crippen LogP contribution in [0.1, 0.15) is 60.0 Å². The first kappa shape index (κ1) is 26.4. The van der Waals surface area contributed by atoms with Gasteiger partial charge in [-0.2, -0.15) is 10.5 Å². The van der Waals surface area contributed by atoms with E-state index in [1.807, 2.05) is 60.7 Å². The molecule has 2 N–H and O–H groups in total. The minimum Gasteiger partial charge on any atom is -0.349 e. The van der Waals surface area contributed by atoms with Crippen molar-refractivity contribution in [2.75, 3.05) is 0 Å². The molecule has 2 saturated heterocycles. The molecule has 2 aliphatic heterocycles. The molecule has 2 amide bonds. The van der Waals surface area contributed by atoms with Gasteiger partial charge in [0.2, 0.25) is 11.8 Å². The van der Waals surface area contributed by atoms with Crippen LogP contribution in [0.5, 0.6) is 0 Å². The van der Waals surface area contributed by atoms with Crippen molar-refractivity contribution in [1.29, 1.82) is 10.5 Å². The van der Waals surface area contributed by atoms with Gasteiger partial charge in [-0.3, -0.25) is 9.59 Å². The second kappa shape index (κ2) is 12.1. The highest BCUT2D eigenvalue weighted by Crippen LogP contribution is 2.33. The SMILES string of the molecule is N#Cc1ccc(-c2ccc(C3CCC(=O)N3)cc2)cc1.N#Cc1ccc(-c2ccccc2C2CCC(=O)N2)cc1. The molecule has 0 bridgehead atoms. The standard InChI is InChI=1S/2C17H14N2O/c18-11-12-1-3-13(4-2-12)14-5-7-15(8-6-14)16-9-10-17(20)19-16;18-11-12-5-7-13(8-6-12)14-3-1-2-4-15(14)16-9-10-17(20)19-16/h2*1-8,16H,9-10H2,(H,19,20). The molecule has 6 rings (SSSR count). The van der Waals surface area contributed by atoms with E-state index in [1.165, 1.54) is 0 Å². The van der Waals surface area contributed by atoms with Gasteiger partial charge in [0.05, 0.1) is 35.3 Å². The molecule has 2 fully saturated rings. The first-order chi connectivity index (χ1) is 19.5. The van der Waals surface area contributed by atoms with Crippen LogP contribution in [-0.4, -0.2) is 11.8 Å². The minimum absolute atomic E-state index is 0.0920. The third kappa shape index (κ3) is 6.09. The van der Waals surface area contributed by atoms with E-state index < -0.39 is 0 Å². The molecule has 6 heteroatoms. The number of nitrogens with one attached hydrogen (secondary N) is 2. The first-order valence-corrected chi connectivity index (χ1v) is 13.3. The molecule has 40 heavy (non-hydrogen) atoms. The summed E-state index contributed by atoms with van der Waals surface area (Å²) in [4.78, 5) is 22.6. The van der Waals surface area contributed by atoms with Crippen LogP contribution < -0.4 is 10.6 Å². The third-order valence-corrected chi connectivity index (χ3v) is 7.31. The Balaban J connectivity index is 0.000000161. The molecule has 2 unspecified atom stereocenters. The number of carbonyl (C=O) groups is 2. The molecule has 0 saturated carbocycles. The van der Waals surface area contributed by atoms with Crippen molar-refractivity contribution in [1.82, 2.24) is 10.6 Å². The maximum Gasteiger partial charge on any atom is 0.220 e. The summed E-state index contributed by atoms with van der Waals surface area (Å²) < 4.78 is 0. The van der Waals surface area contributed by atoms with Crippen LogP contribution >= 0.6 is 0 Å². The summed E-state index contributed by atoms with van der Waals surface area (Å²) in [5, 5.41) is 23.6. The minimum atomic E-state index is 0.0920. The van der Waals surface area contributed by atoms with Crippen LogP contribution in [0.15, 0.2) is 97.1 Å². The van der Waals surface area contributed by atoms with Gasteiger partial charge >= 0.3 is 0 Å². The normalized spacial score (nSPS) is 17.6. The van der Waals surface area contributed by atoms with Gasteiger partial charge in [-0.05, 0) is 70.5 Å². The largest absolute Gasteiger partial charge is 0.349 e. The van der Waals surface area contributed by atoms with Gasteiger partial charge in [0.25, 0.3) is 0 Å². The quantitative estimate of drug-likeness (QED) is 0.324. The maximum atomic E-state index is 11.4. The van der Waals surface area contributed by atoms with Gasteiger partial charge < -0.3 is 10.6 Å². The monoisotopic (exact) mass is 524 g/mol. The number of hydrogen-bond donors (Lipinski definition) is 2. The maximum absolute atomic E-state index is 11.4. The Labute approximate surface area is 233 Å². The zero-order valence-electron chi connectivity index (χ0n) is 21.9. The summed E-state index contributed by atoms with van der Waals surface area (Å²) in [7, 11) is 0. The van der Waals surface area contributed by atoms with E-state index in [0.29, 0.717) is 24.0 Å². The Kier molecular flexibility index (Phi) is 7.99. The molecule has 0 spiro atoms. The predicted octanol–water partition coefficient (Wildman–Crippen LogP) is 6.35. The van der Waals surface area contributed by atoms with Crippen LogP contribution in [0.25, 0.3) is 22.3 Å². The molecule has 2 aliphatic rings. The lowest BCUT2D eigenvalue weighted by molar-refractivity contribution is -0.120. The van der Waals surface area contributed by atoms with Gasteiger partial charge in [0.1, 0.15) is 0 Å². The highest BCUT2D eigenvalue weighted by atomic mass is 16.2. The molecule has 6 nitrogen and oxygen atoms in total. The number of benzene rings is 4. The van der Waals surface area contributed by atoms with Crippen molar-refractivity contribution >= 4 is 11.8 Å². The molecule has 0 aliphatic carbocycles. The Morgan fingerprint density at radius 3 is 1.55 bits per heavy atom. The second-order valence-electron chi connectivity index (χ2n) is 9.91. The Hall–Kier alpha value is -5.20. The fourth-order valence-electron chi connectivity index (χ4n) is 5.14. The molecule has 0 radical (unpaired) electrons. The van der Waals surface area contributed by atoms with E-state index in [0.717, 1.165) is 46.2 Å². The lowest BCUT2D eigenvalue weighted by atomic mass is 9.94. The van der Waals surface area contributed by atoms with Crippen molar-refractivity contribution in [2.45, 2.75) is 37.8 Å². The highest BCUT2D eigenvalue weighted by Gasteiger charge is 2.24. The second-order valence-corrected chi connectivity index (χ2v) is 9.91. The fraction of sp³-hybridized carbons (Fsp3) is 0.176. The van der Waals surface area contributed by atoms with E-state index in [2.05, 4.69) is 59.2 Å². The van der Waals surface area contributed by atoms with Crippen LogP contribution in [-0.2, 0) is 9.59 Å². The molecule has 2 atom stereocenters. The average molecular weight is 525 g/mol. The molecular formula is C34H28N4O2. The summed E-state index contributed by atoms with van der Waals surface area (Å²) in [6.45, 7) is 0.